The SMILES string of the molecule is COc1ccc(C(=O)NNC(=O)CN2CCN(c3ccccc3)CC2)c(OC)c1OC.Cl. The highest BCUT2D eigenvalue weighted by atomic mass is 35.5. The second kappa shape index (κ2) is 12.0. The molecule has 2 aromatic carbocycles. The zero-order valence-corrected chi connectivity index (χ0v) is 19.2. The molecule has 174 valence electrons. The molecule has 1 aliphatic heterocycles. The van der Waals surface area contributed by atoms with Gasteiger partial charge in [0.25, 0.3) is 11.8 Å². The first-order valence-electron chi connectivity index (χ1n) is 9.98. The van der Waals surface area contributed by atoms with Gasteiger partial charge in [0.2, 0.25) is 5.75 Å². The maximum Gasteiger partial charge on any atom is 0.273 e. The van der Waals surface area contributed by atoms with Crippen molar-refractivity contribution in [3.63, 3.8) is 0 Å². The molecular weight excluding hydrogens is 436 g/mol. The molecule has 0 bridgehead atoms. The standard InChI is InChI=1S/C22H28N4O5.ClH/c1-29-18-10-9-17(20(30-2)21(18)31-3)22(28)24-23-19(27)15-25-11-13-26(14-12-25)16-7-5-4-6-8-16;/h4-10H,11-15H2,1-3H3,(H,23,27)(H,24,28);1H. The number of carbonyl (C=O) groups is 2. The Balaban J connectivity index is 0.00000363. The van der Waals surface area contributed by atoms with Crippen molar-refractivity contribution < 1.29 is 23.8 Å². The van der Waals surface area contributed by atoms with Crippen LogP contribution >= 0.6 is 12.4 Å². The molecule has 0 aromatic heterocycles. The van der Waals surface area contributed by atoms with Crippen molar-refractivity contribution in [3.05, 3.63) is 48.0 Å². The van der Waals surface area contributed by atoms with Gasteiger partial charge in [0.15, 0.2) is 11.5 Å². The van der Waals surface area contributed by atoms with Crippen LogP contribution in [0.2, 0.25) is 0 Å². The minimum atomic E-state index is -0.514. The number of hydrogen-bond donors (Lipinski definition) is 2. The fraction of sp³-hybridized carbons (Fsp3) is 0.364. The van der Waals surface area contributed by atoms with E-state index in [4.69, 9.17) is 14.2 Å². The Morgan fingerprint density at radius 2 is 1.50 bits per heavy atom. The number of amides is 2. The van der Waals surface area contributed by atoms with Crippen LogP contribution in [0, 0.1) is 0 Å². The number of carbonyl (C=O) groups excluding carboxylic acids is 2. The van der Waals surface area contributed by atoms with Crippen LogP contribution in [0.4, 0.5) is 5.69 Å². The largest absolute Gasteiger partial charge is 0.493 e. The first-order valence-corrected chi connectivity index (χ1v) is 9.98. The first kappa shape index (κ1) is 25.1. The Morgan fingerprint density at radius 1 is 0.844 bits per heavy atom. The topological polar surface area (TPSA) is 92.4 Å². The van der Waals surface area contributed by atoms with Gasteiger partial charge >= 0.3 is 0 Å². The number of rotatable bonds is 7. The molecule has 10 heteroatoms. The fourth-order valence-electron chi connectivity index (χ4n) is 3.52. The zero-order valence-electron chi connectivity index (χ0n) is 18.4. The Kier molecular flexibility index (Phi) is 9.42. The van der Waals surface area contributed by atoms with E-state index in [9.17, 15) is 9.59 Å². The average Bonchev–Trinajstić information content (AvgIpc) is 2.82. The number of ether oxygens (including phenoxy) is 3. The lowest BCUT2D eigenvalue weighted by Gasteiger charge is -2.35. The van der Waals surface area contributed by atoms with E-state index in [2.05, 4.69) is 32.8 Å². The minimum Gasteiger partial charge on any atom is -0.493 e. The quantitative estimate of drug-likeness (QED) is 0.603. The van der Waals surface area contributed by atoms with Crippen LogP contribution in [-0.4, -0.2) is 70.8 Å². The Bertz CT molecular complexity index is 905. The van der Waals surface area contributed by atoms with Gasteiger partial charge in [-0.2, -0.15) is 0 Å². The van der Waals surface area contributed by atoms with E-state index in [1.807, 2.05) is 18.2 Å². The highest BCUT2D eigenvalue weighted by molar-refractivity contribution is 5.99. The molecule has 2 aromatic rings. The fourth-order valence-corrected chi connectivity index (χ4v) is 3.52. The highest BCUT2D eigenvalue weighted by Crippen LogP contribution is 2.39. The summed E-state index contributed by atoms with van der Waals surface area (Å²) in [6.45, 7) is 3.41. The molecule has 0 saturated carbocycles. The van der Waals surface area contributed by atoms with Gasteiger partial charge in [-0.15, -0.1) is 12.4 Å². The number of nitrogens with zero attached hydrogens (tertiary/aromatic N) is 2. The van der Waals surface area contributed by atoms with Gasteiger partial charge in [0.05, 0.1) is 33.4 Å². The van der Waals surface area contributed by atoms with Gasteiger partial charge < -0.3 is 19.1 Å². The number of para-hydroxylation sites is 1. The van der Waals surface area contributed by atoms with Crippen molar-refractivity contribution in [2.75, 3.05) is 59.0 Å². The average molecular weight is 465 g/mol. The third kappa shape index (κ3) is 5.95. The summed E-state index contributed by atoms with van der Waals surface area (Å²) in [5.74, 6) is 0.168. The van der Waals surface area contributed by atoms with Gasteiger partial charge in [-0.05, 0) is 24.3 Å². The predicted molar refractivity (Wildman–Crippen MR) is 124 cm³/mol. The number of hydrogen-bond acceptors (Lipinski definition) is 7. The summed E-state index contributed by atoms with van der Waals surface area (Å²) in [4.78, 5) is 29.2. The number of hydrazine groups is 1. The van der Waals surface area contributed by atoms with Gasteiger partial charge in [-0.1, -0.05) is 18.2 Å². The number of nitrogens with one attached hydrogen (secondary N) is 2. The normalized spacial score (nSPS) is 13.5. The lowest BCUT2D eigenvalue weighted by molar-refractivity contribution is -0.123. The second-order valence-electron chi connectivity index (χ2n) is 6.98. The molecular formula is C22H29ClN4O5. The van der Waals surface area contributed by atoms with Gasteiger partial charge in [0, 0.05) is 31.9 Å². The summed E-state index contributed by atoms with van der Waals surface area (Å²) in [5, 5.41) is 0. The Hall–Kier alpha value is -3.17. The summed E-state index contributed by atoms with van der Waals surface area (Å²) >= 11 is 0. The number of piperazine rings is 1. The van der Waals surface area contributed by atoms with Gasteiger partial charge in [-0.3, -0.25) is 25.3 Å². The van der Waals surface area contributed by atoms with Crippen molar-refractivity contribution in [1.29, 1.82) is 0 Å². The van der Waals surface area contributed by atoms with Crippen LogP contribution in [0.25, 0.3) is 0 Å². The first-order chi connectivity index (χ1) is 15.1. The molecule has 2 amide bonds. The summed E-state index contributed by atoms with van der Waals surface area (Å²) in [7, 11) is 4.39. The van der Waals surface area contributed by atoms with Crippen LogP contribution in [0.15, 0.2) is 42.5 Å². The molecule has 0 aliphatic carbocycles. The molecule has 1 saturated heterocycles. The summed E-state index contributed by atoms with van der Waals surface area (Å²) < 4.78 is 15.8. The van der Waals surface area contributed by atoms with Crippen LogP contribution in [-0.2, 0) is 4.79 Å². The molecule has 0 unspecified atom stereocenters. The summed E-state index contributed by atoms with van der Waals surface area (Å²) in [6.07, 6.45) is 0. The van der Waals surface area contributed by atoms with E-state index in [1.54, 1.807) is 12.1 Å². The monoisotopic (exact) mass is 464 g/mol. The van der Waals surface area contributed by atoms with Crippen LogP contribution in [0.5, 0.6) is 17.2 Å². The maximum atomic E-state index is 12.6. The van der Waals surface area contributed by atoms with Crippen molar-refractivity contribution in [3.8, 4) is 17.2 Å². The van der Waals surface area contributed by atoms with Gasteiger partial charge in [-0.25, -0.2) is 0 Å². The van der Waals surface area contributed by atoms with Crippen LogP contribution < -0.4 is 30.0 Å². The molecule has 9 nitrogen and oxygen atoms in total. The molecule has 1 fully saturated rings. The molecule has 32 heavy (non-hydrogen) atoms. The van der Waals surface area contributed by atoms with E-state index in [0.717, 1.165) is 26.2 Å². The van der Waals surface area contributed by atoms with Crippen LogP contribution in [0.1, 0.15) is 10.4 Å². The van der Waals surface area contributed by atoms with E-state index in [0.29, 0.717) is 11.5 Å². The lowest BCUT2D eigenvalue weighted by atomic mass is 10.1. The zero-order chi connectivity index (χ0) is 22.2. The molecule has 0 radical (unpaired) electrons. The smallest absolute Gasteiger partial charge is 0.273 e. The van der Waals surface area contributed by atoms with Crippen molar-refractivity contribution in [1.82, 2.24) is 15.8 Å². The number of methoxy groups -OCH3 is 3. The number of anilines is 1. The Morgan fingerprint density at radius 3 is 2.09 bits per heavy atom. The Labute approximate surface area is 194 Å². The maximum absolute atomic E-state index is 12.6. The second-order valence-corrected chi connectivity index (χ2v) is 6.98. The van der Waals surface area contributed by atoms with E-state index >= 15 is 0 Å². The molecule has 3 rings (SSSR count). The number of benzene rings is 2. The third-order valence-corrected chi connectivity index (χ3v) is 5.13. The minimum absolute atomic E-state index is 0. The molecule has 0 atom stereocenters. The van der Waals surface area contributed by atoms with E-state index in [1.165, 1.54) is 27.0 Å². The lowest BCUT2D eigenvalue weighted by Crippen LogP contribution is -2.52. The van der Waals surface area contributed by atoms with Crippen molar-refractivity contribution in [2.45, 2.75) is 0 Å². The highest BCUT2D eigenvalue weighted by Gasteiger charge is 2.22. The molecule has 2 N–H and O–H groups in total. The molecule has 1 aliphatic rings. The summed E-state index contributed by atoms with van der Waals surface area (Å²) in [5.41, 5.74) is 6.30. The summed E-state index contributed by atoms with van der Waals surface area (Å²) in [6, 6.07) is 13.3. The van der Waals surface area contributed by atoms with Crippen LogP contribution in [0.3, 0.4) is 0 Å². The van der Waals surface area contributed by atoms with E-state index in [-0.39, 0.29) is 36.2 Å². The van der Waals surface area contributed by atoms with Gasteiger partial charge in [0.1, 0.15) is 0 Å². The van der Waals surface area contributed by atoms with E-state index < -0.39 is 5.91 Å². The number of halogens is 1. The van der Waals surface area contributed by atoms with Crippen molar-refractivity contribution in [2.24, 2.45) is 0 Å². The third-order valence-electron chi connectivity index (χ3n) is 5.13. The van der Waals surface area contributed by atoms with Crippen molar-refractivity contribution >= 4 is 29.9 Å². The predicted octanol–water partition coefficient (Wildman–Crippen LogP) is 1.72. The molecule has 1 heterocycles. The molecule has 0 spiro atoms.